The Kier molecular flexibility index (Phi) is 3.30. The molecule has 1 atom stereocenters. The first-order chi connectivity index (χ1) is 9.38. The van der Waals surface area contributed by atoms with Gasteiger partial charge >= 0.3 is 0 Å². The Morgan fingerprint density at radius 3 is 3.11 bits per heavy atom. The maximum Gasteiger partial charge on any atom is 0.221 e. The molecule has 0 saturated carbocycles. The van der Waals surface area contributed by atoms with E-state index in [1.54, 1.807) is 6.20 Å². The van der Waals surface area contributed by atoms with Crippen LogP contribution in [-0.2, 0) is 0 Å². The topological polar surface area (TPSA) is 57.9 Å². The number of rotatable bonds is 3. The van der Waals surface area contributed by atoms with Crippen molar-refractivity contribution in [1.82, 2.24) is 10.3 Å². The van der Waals surface area contributed by atoms with E-state index in [-0.39, 0.29) is 0 Å². The monoisotopic (exact) mass is 253 g/mol. The number of aromatic nitrogens is 1. The zero-order chi connectivity index (χ0) is 13.1. The van der Waals surface area contributed by atoms with Crippen LogP contribution in [0.4, 0.5) is 0 Å². The molecule has 1 fully saturated rings. The number of nitrogens with zero attached hydrogens (tertiary/aromatic N) is 2. The van der Waals surface area contributed by atoms with Crippen molar-refractivity contribution < 1.29 is 4.74 Å². The molecule has 0 amide bonds. The minimum absolute atomic E-state index is 0.413. The normalized spacial score (nSPS) is 18.4. The molecule has 4 nitrogen and oxygen atoms in total. The van der Waals surface area contributed by atoms with Gasteiger partial charge < -0.3 is 10.1 Å². The number of benzene rings is 1. The number of pyridine rings is 1. The molecule has 0 spiro atoms. The SMILES string of the molecule is N#Cc1cccc2c(OCC3CCCN3)nccc12. The molecule has 1 aliphatic heterocycles. The van der Waals surface area contributed by atoms with E-state index in [1.807, 2.05) is 24.3 Å². The highest BCUT2D eigenvalue weighted by atomic mass is 16.5. The fourth-order valence-corrected chi connectivity index (χ4v) is 2.47. The van der Waals surface area contributed by atoms with Gasteiger partial charge in [0.2, 0.25) is 5.88 Å². The summed E-state index contributed by atoms with van der Waals surface area (Å²) in [4.78, 5) is 4.28. The molecule has 2 heterocycles. The molecule has 96 valence electrons. The summed E-state index contributed by atoms with van der Waals surface area (Å²) in [5.41, 5.74) is 0.656. The minimum Gasteiger partial charge on any atom is -0.476 e. The Morgan fingerprint density at radius 2 is 2.32 bits per heavy atom. The van der Waals surface area contributed by atoms with Crippen LogP contribution in [0, 0.1) is 11.3 Å². The van der Waals surface area contributed by atoms with Gasteiger partial charge in [0.25, 0.3) is 0 Å². The van der Waals surface area contributed by atoms with E-state index >= 15 is 0 Å². The summed E-state index contributed by atoms with van der Waals surface area (Å²) in [5, 5.41) is 14.3. The largest absolute Gasteiger partial charge is 0.476 e. The van der Waals surface area contributed by atoms with E-state index in [0.29, 0.717) is 24.1 Å². The zero-order valence-corrected chi connectivity index (χ0v) is 10.6. The average Bonchev–Trinajstić information content (AvgIpc) is 2.97. The maximum absolute atomic E-state index is 9.11. The van der Waals surface area contributed by atoms with Gasteiger partial charge in [0.05, 0.1) is 11.6 Å². The summed E-state index contributed by atoms with van der Waals surface area (Å²) < 4.78 is 5.82. The smallest absolute Gasteiger partial charge is 0.221 e. The molecule has 0 aliphatic carbocycles. The Morgan fingerprint density at radius 1 is 1.37 bits per heavy atom. The van der Waals surface area contributed by atoms with Crippen molar-refractivity contribution in [2.24, 2.45) is 0 Å². The van der Waals surface area contributed by atoms with Crippen LogP contribution >= 0.6 is 0 Å². The van der Waals surface area contributed by atoms with E-state index in [1.165, 1.54) is 6.42 Å². The summed E-state index contributed by atoms with van der Waals surface area (Å²) in [6.45, 7) is 1.69. The molecule has 1 aliphatic rings. The second kappa shape index (κ2) is 5.25. The highest BCUT2D eigenvalue weighted by Gasteiger charge is 2.15. The number of fused-ring (bicyclic) bond motifs is 1. The Bertz CT molecular complexity index is 627. The summed E-state index contributed by atoms with van der Waals surface area (Å²) >= 11 is 0. The Labute approximate surface area is 112 Å². The van der Waals surface area contributed by atoms with Crippen molar-refractivity contribution >= 4 is 10.8 Å². The zero-order valence-electron chi connectivity index (χ0n) is 10.6. The van der Waals surface area contributed by atoms with Gasteiger partial charge in [-0.3, -0.25) is 0 Å². The van der Waals surface area contributed by atoms with E-state index < -0.39 is 0 Å². The second-order valence-corrected chi connectivity index (χ2v) is 4.73. The lowest BCUT2D eigenvalue weighted by molar-refractivity contribution is 0.271. The summed E-state index contributed by atoms with van der Waals surface area (Å²) in [5.74, 6) is 0.614. The molecular weight excluding hydrogens is 238 g/mol. The molecule has 1 N–H and O–H groups in total. The molecule has 4 heteroatoms. The second-order valence-electron chi connectivity index (χ2n) is 4.73. The van der Waals surface area contributed by atoms with Crippen LogP contribution in [-0.4, -0.2) is 24.2 Å². The molecule has 1 aromatic heterocycles. The van der Waals surface area contributed by atoms with Crippen molar-refractivity contribution in [2.75, 3.05) is 13.2 Å². The van der Waals surface area contributed by atoms with Gasteiger partial charge in [-0.1, -0.05) is 6.07 Å². The fraction of sp³-hybridized carbons (Fsp3) is 0.333. The molecule has 3 rings (SSSR count). The van der Waals surface area contributed by atoms with Gasteiger partial charge in [0.1, 0.15) is 6.61 Å². The van der Waals surface area contributed by atoms with Crippen LogP contribution in [0.1, 0.15) is 18.4 Å². The molecule has 0 radical (unpaired) electrons. The molecule has 19 heavy (non-hydrogen) atoms. The van der Waals surface area contributed by atoms with Gasteiger partial charge in [-0.15, -0.1) is 0 Å². The molecule has 0 bridgehead atoms. The maximum atomic E-state index is 9.11. The van der Waals surface area contributed by atoms with Crippen molar-refractivity contribution in [3.63, 3.8) is 0 Å². The van der Waals surface area contributed by atoms with Crippen molar-refractivity contribution in [3.8, 4) is 11.9 Å². The standard InChI is InChI=1S/C15H15N3O/c16-9-11-3-1-5-14-13(11)6-8-18-15(14)19-10-12-4-2-7-17-12/h1,3,5-6,8,12,17H,2,4,7,10H2. The molecule has 1 aromatic carbocycles. The van der Waals surface area contributed by atoms with E-state index in [9.17, 15) is 0 Å². The number of ether oxygens (including phenoxy) is 1. The first-order valence-electron chi connectivity index (χ1n) is 6.52. The fourth-order valence-electron chi connectivity index (χ4n) is 2.47. The van der Waals surface area contributed by atoms with E-state index in [4.69, 9.17) is 10.00 Å². The first kappa shape index (κ1) is 11.9. The van der Waals surface area contributed by atoms with Crippen molar-refractivity contribution in [2.45, 2.75) is 18.9 Å². The Hall–Kier alpha value is -2.12. The predicted octanol–water partition coefficient (Wildman–Crippen LogP) is 2.24. The Balaban J connectivity index is 1.89. The van der Waals surface area contributed by atoms with Crippen LogP contribution in [0.25, 0.3) is 10.8 Å². The summed E-state index contributed by atoms with van der Waals surface area (Å²) in [6.07, 6.45) is 4.05. The van der Waals surface area contributed by atoms with Crippen molar-refractivity contribution in [3.05, 3.63) is 36.0 Å². The number of hydrogen-bond acceptors (Lipinski definition) is 4. The van der Waals surface area contributed by atoms with Crippen LogP contribution in [0.5, 0.6) is 5.88 Å². The van der Waals surface area contributed by atoms with Crippen molar-refractivity contribution in [1.29, 1.82) is 5.26 Å². The van der Waals surface area contributed by atoms with Crippen LogP contribution in [0.15, 0.2) is 30.5 Å². The lowest BCUT2D eigenvalue weighted by Crippen LogP contribution is -2.28. The van der Waals surface area contributed by atoms with Gasteiger partial charge in [-0.2, -0.15) is 5.26 Å². The average molecular weight is 253 g/mol. The lowest BCUT2D eigenvalue weighted by atomic mass is 10.1. The third kappa shape index (κ3) is 2.38. The molecule has 1 unspecified atom stereocenters. The van der Waals surface area contributed by atoms with Gasteiger partial charge in [-0.05, 0) is 37.6 Å². The third-order valence-electron chi connectivity index (χ3n) is 3.47. The molecule has 2 aromatic rings. The lowest BCUT2D eigenvalue weighted by Gasteiger charge is -2.13. The van der Waals surface area contributed by atoms with Gasteiger partial charge in [0.15, 0.2) is 0 Å². The first-order valence-corrected chi connectivity index (χ1v) is 6.52. The van der Waals surface area contributed by atoms with Gasteiger partial charge in [-0.25, -0.2) is 4.98 Å². The quantitative estimate of drug-likeness (QED) is 0.911. The summed E-state index contributed by atoms with van der Waals surface area (Å²) in [6, 6.07) is 10.1. The molecular formula is C15H15N3O. The predicted molar refractivity (Wildman–Crippen MR) is 73.0 cm³/mol. The highest BCUT2D eigenvalue weighted by Crippen LogP contribution is 2.25. The summed E-state index contributed by atoms with van der Waals surface area (Å²) in [7, 11) is 0. The number of hydrogen-bond donors (Lipinski definition) is 1. The number of nitriles is 1. The minimum atomic E-state index is 0.413. The molecule has 1 saturated heterocycles. The van der Waals surface area contributed by atoms with Crippen LogP contribution in [0.2, 0.25) is 0 Å². The third-order valence-corrected chi connectivity index (χ3v) is 3.47. The highest BCUT2D eigenvalue weighted by molar-refractivity contribution is 5.91. The van der Waals surface area contributed by atoms with E-state index in [0.717, 1.165) is 23.7 Å². The van der Waals surface area contributed by atoms with Gasteiger partial charge in [0, 0.05) is 23.0 Å². The van der Waals surface area contributed by atoms with Crippen LogP contribution < -0.4 is 10.1 Å². The van der Waals surface area contributed by atoms with E-state index in [2.05, 4.69) is 16.4 Å². The number of nitrogens with one attached hydrogen (secondary N) is 1. The van der Waals surface area contributed by atoms with Crippen LogP contribution in [0.3, 0.4) is 0 Å².